The Bertz CT molecular complexity index is 901. The predicted molar refractivity (Wildman–Crippen MR) is 133 cm³/mol. The number of nitrogens with zero attached hydrogens (tertiary/aromatic N) is 1. The standard InChI is InChI=1S/C27H40N2O4/c1-26(2,3)19-27(4,5)28-25(30)29(18-21-9-12-22(31-6)13-10-21)16-15-20-11-14-23(32-7)24(17-20)33-8/h9-14,17H,15-16,18-19H2,1-8H3,(H,28,30). The molecule has 0 aliphatic carbocycles. The SMILES string of the molecule is COc1ccc(CN(CCc2ccc(OC)c(OC)c2)C(=O)NC(C)(C)CC(C)(C)C)cc1. The molecular formula is C27H40N2O4. The number of nitrogens with one attached hydrogen (secondary N) is 1. The van der Waals surface area contributed by atoms with E-state index >= 15 is 0 Å². The van der Waals surface area contributed by atoms with Gasteiger partial charge in [-0.3, -0.25) is 0 Å². The van der Waals surface area contributed by atoms with Crippen molar-refractivity contribution < 1.29 is 19.0 Å². The molecule has 0 saturated carbocycles. The molecule has 6 nitrogen and oxygen atoms in total. The van der Waals surface area contributed by atoms with E-state index in [9.17, 15) is 4.79 Å². The van der Waals surface area contributed by atoms with Crippen LogP contribution in [0.1, 0.15) is 52.2 Å². The molecule has 0 saturated heterocycles. The Morgan fingerprint density at radius 3 is 2.00 bits per heavy atom. The van der Waals surface area contributed by atoms with Gasteiger partial charge in [-0.1, -0.05) is 39.0 Å². The van der Waals surface area contributed by atoms with Crippen LogP contribution >= 0.6 is 0 Å². The highest BCUT2D eigenvalue weighted by Gasteiger charge is 2.29. The zero-order valence-electron chi connectivity index (χ0n) is 21.5. The Morgan fingerprint density at radius 1 is 0.848 bits per heavy atom. The first-order chi connectivity index (χ1) is 15.5. The predicted octanol–water partition coefficient (Wildman–Crippen LogP) is 5.68. The van der Waals surface area contributed by atoms with Crippen LogP contribution in [-0.4, -0.2) is 44.3 Å². The monoisotopic (exact) mass is 456 g/mol. The van der Waals surface area contributed by atoms with Crippen molar-refractivity contribution in [3.05, 3.63) is 53.6 Å². The fourth-order valence-corrected chi connectivity index (χ4v) is 4.24. The van der Waals surface area contributed by atoms with Crippen LogP contribution in [-0.2, 0) is 13.0 Å². The molecule has 182 valence electrons. The van der Waals surface area contributed by atoms with E-state index in [0.29, 0.717) is 31.0 Å². The second kappa shape index (κ2) is 11.3. The Morgan fingerprint density at radius 2 is 1.45 bits per heavy atom. The summed E-state index contributed by atoms with van der Waals surface area (Å²) in [6, 6.07) is 13.6. The van der Waals surface area contributed by atoms with Crippen molar-refractivity contribution in [1.82, 2.24) is 10.2 Å². The highest BCUT2D eigenvalue weighted by Crippen LogP contribution is 2.29. The topological polar surface area (TPSA) is 60.0 Å². The molecule has 0 spiro atoms. The molecule has 0 fully saturated rings. The van der Waals surface area contributed by atoms with Crippen molar-refractivity contribution >= 4 is 6.03 Å². The molecule has 2 aromatic rings. The van der Waals surface area contributed by atoms with Crippen molar-refractivity contribution in [3.8, 4) is 17.2 Å². The largest absolute Gasteiger partial charge is 0.497 e. The molecule has 0 aromatic heterocycles. The first-order valence-electron chi connectivity index (χ1n) is 11.4. The number of ether oxygens (including phenoxy) is 3. The molecule has 0 heterocycles. The fourth-order valence-electron chi connectivity index (χ4n) is 4.24. The van der Waals surface area contributed by atoms with Gasteiger partial charge in [-0.15, -0.1) is 0 Å². The summed E-state index contributed by atoms with van der Waals surface area (Å²) in [6.07, 6.45) is 1.57. The van der Waals surface area contributed by atoms with Crippen LogP contribution in [0.2, 0.25) is 0 Å². The summed E-state index contributed by atoms with van der Waals surface area (Å²) in [5, 5.41) is 3.25. The Kier molecular flexibility index (Phi) is 9.03. The van der Waals surface area contributed by atoms with E-state index < -0.39 is 0 Å². The van der Waals surface area contributed by atoms with Gasteiger partial charge in [0.1, 0.15) is 5.75 Å². The number of methoxy groups -OCH3 is 3. The lowest BCUT2D eigenvalue weighted by Gasteiger charge is -2.35. The molecule has 2 aromatic carbocycles. The van der Waals surface area contributed by atoms with Crippen molar-refractivity contribution in [1.29, 1.82) is 0 Å². The number of amides is 2. The molecular weight excluding hydrogens is 416 g/mol. The van der Waals surface area contributed by atoms with E-state index in [1.165, 1.54) is 0 Å². The second-order valence-corrected chi connectivity index (χ2v) is 10.3. The number of hydrogen-bond donors (Lipinski definition) is 1. The molecule has 2 amide bonds. The summed E-state index contributed by atoms with van der Waals surface area (Å²) < 4.78 is 16.0. The lowest BCUT2D eigenvalue weighted by molar-refractivity contribution is 0.172. The number of urea groups is 1. The van der Waals surface area contributed by atoms with E-state index in [-0.39, 0.29) is 17.0 Å². The van der Waals surface area contributed by atoms with Gasteiger partial charge in [0.05, 0.1) is 21.3 Å². The zero-order valence-corrected chi connectivity index (χ0v) is 21.5. The van der Waals surface area contributed by atoms with E-state index in [2.05, 4.69) is 39.9 Å². The van der Waals surface area contributed by atoms with Crippen LogP contribution in [0, 0.1) is 5.41 Å². The average Bonchev–Trinajstić information content (AvgIpc) is 2.74. The molecule has 0 aliphatic heterocycles. The average molecular weight is 457 g/mol. The summed E-state index contributed by atoms with van der Waals surface area (Å²) in [5.41, 5.74) is 1.91. The molecule has 0 atom stereocenters. The number of carbonyl (C=O) groups excluding carboxylic acids is 1. The molecule has 33 heavy (non-hydrogen) atoms. The van der Waals surface area contributed by atoms with Crippen molar-refractivity contribution in [3.63, 3.8) is 0 Å². The maximum Gasteiger partial charge on any atom is 0.318 e. The Labute approximate surface area is 199 Å². The van der Waals surface area contributed by atoms with Gasteiger partial charge in [0.15, 0.2) is 11.5 Å². The first kappa shape index (κ1) is 26.4. The third-order valence-corrected chi connectivity index (χ3v) is 5.36. The fraction of sp³-hybridized carbons (Fsp3) is 0.519. The van der Waals surface area contributed by atoms with Crippen LogP contribution in [0.4, 0.5) is 4.79 Å². The van der Waals surface area contributed by atoms with E-state index in [4.69, 9.17) is 14.2 Å². The van der Waals surface area contributed by atoms with Gasteiger partial charge in [0.25, 0.3) is 0 Å². The summed E-state index contributed by atoms with van der Waals surface area (Å²) in [6.45, 7) is 11.8. The highest BCUT2D eigenvalue weighted by atomic mass is 16.5. The van der Waals surface area contributed by atoms with Crippen LogP contribution in [0.15, 0.2) is 42.5 Å². The highest BCUT2D eigenvalue weighted by molar-refractivity contribution is 5.75. The van der Waals surface area contributed by atoms with Gasteiger partial charge < -0.3 is 24.4 Å². The van der Waals surface area contributed by atoms with E-state index in [1.807, 2.05) is 47.4 Å². The molecule has 0 unspecified atom stereocenters. The zero-order chi connectivity index (χ0) is 24.6. The lowest BCUT2D eigenvalue weighted by atomic mass is 9.82. The van der Waals surface area contributed by atoms with Crippen LogP contribution < -0.4 is 19.5 Å². The summed E-state index contributed by atoms with van der Waals surface area (Å²) in [4.78, 5) is 15.2. The third kappa shape index (κ3) is 8.52. The normalized spacial score (nSPS) is 11.6. The summed E-state index contributed by atoms with van der Waals surface area (Å²) >= 11 is 0. The second-order valence-electron chi connectivity index (χ2n) is 10.3. The summed E-state index contributed by atoms with van der Waals surface area (Å²) in [5.74, 6) is 2.18. The maximum absolute atomic E-state index is 13.4. The van der Waals surface area contributed by atoms with Crippen LogP contribution in [0.5, 0.6) is 17.2 Å². The molecule has 0 radical (unpaired) electrons. The minimum Gasteiger partial charge on any atom is -0.497 e. The number of benzene rings is 2. The van der Waals surface area contributed by atoms with E-state index in [0.717, 1.165) is 23.3 Å². The van der Waals surface area contributed by atoms with Crippen molar-refractivity contribution in [2.75, 3.05) is 27.9 Å². The third-order valence-electron chi connectivity index (χ3n) is 5.36. The van der Waals surface area contributed by atoms with Gasteiger partial charge in [0.2, 0.25) is 0 Å². The van der Waals surface area contributed by atoms with Gasteiger partial charge >= 0.3 is 6.03 Å². The van der Waals surface area contributed by atoms with Crippen LogP contribution in [0.3, 0.4) is 0 Å². The minimum absolute atomic E-state index is 0.0689. The maximum atomic E-state index is 13.4. The van der Waals surface area contributed by atoms with Crippen LogP contribution in [0.25, 0.3) is 0 Å². The smallest absolute Gasteiger partial charge is 0.318 e. The number of carbonyl (C=O) groups is 1. The quantitative estimate of drug-likeness (QED) is 0.500. The minimum atomic E-state index is -0.323. The number of hydrogen-bond acceptors (Lipinski definition) is 4. The summed E-state index contributed by atoms with van der Waals surface area (Å²) in [7, 11) is 4.90. The van der Waals surface area contributed by atoms with Gasteiger partial charge in [0, 0.05) is 18.6 Å². The Hall–Kier alpha value is -2.89. The van der Waals surface area contributed by atoms with Gasteiger partial charge in [-0.25, -0.2) is 4.79 Å². The molecule has 0 bridgehead atoms. The molecule has 0 aliphatic rings. The van der Waals surface area contributed by atoms with Gasteiger partial charge in [-0.05, 0) is 67.5 Å². The number of rotatable bonds is 10. The lowest BCUT2D eigenvalue weighted by Crippen LogP contribution is -2.51. The molecule has 2 rings (SSSR count). The molecule has 6 heteroatoms. The van der Waals surface area contributed by atoms with E-state index in [1.54, 1.807) is 21.3 Å². The van der Waals surface area contributed by atoms with Gasteiger partial charge in [-0.2, -0.15) is 0 Å². The Balaban J connectivity index is 2.19. The van der Waals surface area contributed by atoms with Crippen molar-refractivity contribution in [2.24, 2.45) is 5.41 Å². The van der Waals surface area contributed by atoms with Crippen molar-refractivity contribution in [2.45, 2.75) is 59.5 Å². The molecule has 1 N–H and O–H groups in total. The first-order valence-corrected chi connectivity index (χ1v) is 11.4.